The smallest absolute Gasteiger partial charge is 0.383 e. The number of thiazole rings is 1. The first-order valence-electron chi connectivity index (χ1n) is 12.9. The minimum Gasteiger partial charge on any atom is -0.383 e. The van der Waals surface area contributed by atoms with Gasteiger partial charge in [-0.2, -0.15) is 13.2 Å². The first-order chi connectivity index (χ1) is 18.0. The minimum absolute atomic E-state index is 0.0237. The number of carbonyl (C=O) groups is 3. The summed E-state index contributed by atoms with van der Waals surface area (Å²) in [7, 11) is 1.56. The van der Waals surface area contributed by atoms with Gasteiger partial charge < -0.3 is 15.3 Å². The van der Waals surface area contributed by atoms with Crippen LogP contribution in [0.5, 0.6) is 0 Å². The molecule has 1 saturated carbocycles. The number of benzene rings is 1. The first kappa shape index (κ1) is 28.2. The van der Waals surface area contributed by atoms with Gasteiger partial charge in [0.15, 0.2) is 5.78 Å². The van der Waals surface area contributed by atoms with Crippen LogP contribution in [0, 0.1) is 11.8 Å². The molecule has 1 aromatic heterocycles. The Labute approximate surface area is 223 Å². The van der Waals surface area contributed by atoms with E-state index in [2.05, 4.69) is 10.3 Å². The lowest BCUT2D eigenvalue weighted by Gasteiger charge is -2.35. The number of likely N-dealkylation sites (tertiary alicyclic amines) is 1. The topological polar surface area (TPSA) is 99.6 Å². The van der Waals surface area contributed by atoms with Crippen LogP contribution in [-0.2, 0) is 16.6 Å². The van der Waals surface area contributed by atoms with Crippen molar-refractivity contribution in [3.8, 4) is 0 Å². The molecule has 1 aliphatic heterocycles. The fraction of sp³-hybridized carbons (Fsp3) is 0.556. The van der Waals surface area contributed by atoms with E-state index in [9.17, 15) is 32.7 Å². The second kappa shape index (κ2) is 11.5. The van der Waals surface area contributed by atoms with Gasteiger partial charge in [0.25, 0.3) is 5.91 Å². The fourth-order valence-electron chi connectivity index (χ4n) is 5.44. The maximum atomic E-state index is 12.9. The third-order valence-corrected chi connectivity index (χ3v) is 8.86. The van der Waals surface area contributed by atoms with E-state index in [1.165, 1.54) is 29.7 Å². The zero-order chi connectivity index (χ0) is 27.5. The van der Waals surface area contributed by atoms with Crippen molar-refractivity contribution >= 4 is 28.9 Å². The van der Waals surface area contributed by atoms with Crippen LogP contribution in [-0.4, -0.2) is 52.7 Å². The summed E-state index contributed by atoms with van der Waals surface area (Å²) in [5.41, 5.74) is -1.93. The lowest BCUT2D eigenvalue weighted by molar-refractivity contribution is -0.137. The van der Waals surface area contributed by atoms with Gasteiger partial charge in [0.1, 0.15) is 15.5 Å². The van der Waals surface area contributed by atoms with Crippen molar-refractivity contribution < 1.29 is 32.7 Å². The Morgan fingerprint density at radius 2 is 1.89 bits per heavy atom. The molecule has 7 nitrogen and oxygen atoms in total. The summed E-state index contributed by atoms with van der Waals surface area (Å²) in [6.45, 7) is 1.22. The van der Waals surface area contributed by atoms with Crippen molar-refractivity contribution in [3.05, 3.63) is 51.5 Å². The summed E-state index contributed by atoms with van der Waals surface area (Å²) in [6, 6.07) is 4.29. The largest absolute Gasteiger partial charge is 0.416 e. The van der Waals surface area contributed by atoms with Gasteiger partial charge in [-0.25, -0.2) is 4.98 Å². The summed E-state index contributed by atoms with van der Waals surface area (Å²) in [6.07, 6.45) is 1.47. The Bertz CT molecular complexity index is 1170. The third kappa shape index (κ3) is 6.61. The van der Waals surface area contributed by atoms with Gasteiger partial charge in [-0.1, -0.05) is 12.1 Å². The molecule has 206 valence electrons. The molecule has 0 bridgehead atoms. The second-order valence-corrected chi connectivity index (χ2v) is 11.3. The van der Waals surface area contributed by atoms with Gasteiger partial charge in [0, 0.05) is 38.5 Å². The van der Waals surface area contributed by atoms with Crippen LogP contribution >= 0.6 is 11.3 Å². The van der Waals surface area contributed by atoms with Crippen molar-refractivity contribution in [2.75, 3.05) is 20.1 Å². The molecule has 1 aliphatic carbocycles. The standard InChI is InChI=1S/C27H32F3N3O4S/c1-31-24(36)22-15-32-25(38-22)26(37)10-7-17(8-11-26)13-18-9-12-33(16-18)23(35)6-5-21(34)19-3-2-4-20(14-19)27(28,29)30/h2-4,14-15,17-18,37H,5-13,16H2,1H3,(H,31,36)/t17?,18-,26?/m1/s1. The molecule has 1 atom stereocenters. The molecule has 2 N–H and O–H groups in total. The number of aromatic nitrogens is 1. The van der Waals surface area contributed by atoms with Crippen LogP contribution in [0.15, 0.2) is 30.5 Å². The van der Waals surface area contributed by atoms with Crippen LogP contribution in [0.2, 0.25) is 0 Å². The Morgan fingerprint density at radius 3 is 2.58 bits per heavy atom. The predicted molar refractivity (Wildman–Crippen MR) is 136 cm³/mol. The molecule has 0 radical (unpaired) electrons. The summed E-state index contributed by atoms with van der Waals surface area (Å²) in [5.74, 6) is -0.0734. The maximum absolute atomic E-state index is 12.9. The Morgan fingerprint density at radius 1 is 1.16 bits per heavy atom. The Hall–Kier alpha value is -2.79. The normalized spacial score (nSPS) is 23.9. The molecule has 1 saturated heterocycles. The van der Waals surface area contributed by atoms with E-state index in [1.54, 1.807) is 11.9 Å². The molecule has 1 aromatic carbocycles. The van der Waals surface area contributed by atoms with Crippen LogP contribution in [0.25, 0.3) is 0 Å². The van der Waals surface area contributed by atoms with E-state index in [0.717, 1.165) is 37.8 Å². The minimum atomic E-state index is -4.52. The lowest BCUT2D eigenvalue weighted by Crippen LogP contribution is -2.32. The van der Waals surface area contributed by atoms with Crippen molar-refractivity contribution in [2.45, 2.75) is 63.1 Å². The zero-order valence-corrected chi connectivity index (χ0v) is 22.0. The average molecular weight is 552 g/mol. The molecule has 38 heavy (non-hydrogen) atoms. The van der Waals surface area contributed by atoms with Gasteiger partial charge in [-0.05, 0) is 62.5 Å². The third-order valence-electron chi connectivity index (χ3n) is 7.67. The highest BCUT2D eigenvalue weighted by atomic mass is 32.1. The van der Waals surface area contributed by atoms with Gasteiger partial charge >= 0.3 is 6.18 Å². The SMILES string of the molecule is CNC(=O)c1cnc(C2(O)CCC(C[C@H]3CCN(C(=O)CCC(=O)c4cccc(C(F)(F)F)c4)C3)CC2)s1. The molecule has 2 aliphatic rings. The van der Waals surface area contributed by atoms with Crippen molar-refractivity contribution in [3.63, 3.8) is 0 Å². The number of rotatable bonds is 8. The molecular formula is C27H32F3N3O4S. The molecule has 0 unspecified atom stereocenters. The highest BCUT2D eigenvalue weighted by Gasteiger charge is 2.39. The van der Waals surface area contributed by atoms with E-state index >= 15 is 0 Å². The second-order valence-electron chi connectivity index (χ2n) is 10.3. The van der Waals surface area contributed by atoms with Gasteiger partial charge in [-0.15, -0.1) is 11.3 Å². The van der Waals surface area contributed by atoms with E-state index in [4.69, 9.17) is 0 Å². The number of hydrogen-bond donors (Lipinski definition) is 2. The van der Waals surface area contributed by atoms with Crippen LogP contribution in [0.1, 0.15) is 82.0 Å². The van der Waals surface area contributed by atoms with Crippen molar-refractivity contribution in [1.82, 2.24) is 15.2 Å². The number of carbonyl (C=O) groups excluding carboxylic acids is 3. The van der Waals surface area contributed by atoms with Gasteiger partial charge in [0.05, 0.1) is 11.8 Å². The predicted octanol–water partition coefficient (Wildman–Crippen LogP) is 4.80. The number of aliphatic hydroxyl groups is 1. The Kier molecular flexibility index (Phi) is 8.56. The average Bonchev–Trinajstić information content (AvgIpc) is 3.58. The number of amides is 2. The lowest BCUT2D eigenvalue weighted by atomic mass is 9.75. The number of alkyl halides is 3. The maximum Gasteiger partial charge on any atom is 0.416 e. The highest BCUT2D eigenvalue weighted by Crippen LogP contribution is 2.43. The van der Waals surface area contributed by atoms with Gasteiger partial charge in [0.2, 0.25) is 5.91 Å². The Balaban J connectivity index is 1.21. The van der Waals surface area contributed by atoms with Crippen LogP contribution < -0.4 is 5.32 Å². The number of nitrogens with one attached hydrogen (secondary N) is 1. The molecule has 2 aromatic rings. The number of ketones is 1. The number of nitrogens with zero attached hydrogens (tertiary/aromatic N) is 2. The molecular weight excluding hydrogens is 519 g/mol. The molecule has 11 heteroatoms. The summed E-state index contributed by atoms with van der Waals surface area (Å²) < 4.78 is 38.7. The summed E-state index contributed by atoms with van der Waals surface area (Å²) in [5, 5.41) is 14.3. The first-order valence-corrected chi connectivity index (χ1v) is 13.7. The van der Waals surface area contributed by atoms with E-state index < -0.39 is 23.1 Å². The van der Waals surface area contributed by atoms with Crippen molar-refractivity contribution in [2.24, 2.45) is 11.8 Å². The highest BCUT2D eigenvalue weighted by molar-refractivity contribution is 7.13. The van der Waals surface area contributed by atoms with E-state index in [0.29, 0.717) is 47.7 Å². The number of hydrogen-bond acceptors (Lipinski definition) is 6. The van der Waals surface area contributed by atoms with Crippen LogP contribution in [0.4, 0.5) is 13.2 Å². The molecule has 2 amide bonds. The monoisotopic (exact) mass is 551 g/mol. The zero-order valence-electron chi connectivity index (χ0n) is 21.2. The van der Waals surface area contributed by atoms with Gasteiger partial charge in [-0.3, -0.25) is 14.4 Å². The molecule has 4 rings (SSSR count). The van der Waals surface area contributed by atoms with E-state index in [1.807, 2.05) is 0 Å². The van der Waals surface area contributed by atoms with Crippen LogP contribution in [0.3, 0.4) is 0 Å². The summed E-state index contributed by atoms with van der Waals surface area (Å²) in [4.78, 5) is 43.4. The molecule has 2 heterocycles. The van der Waals surface area contributed by atoms with E-state index in [-0.39, 0.29) is 30.2 Å². The quantitative estimate of drug-likeness (QED) is 0.459. The fourth-order valence-corrected chi connectivity index (χ4v) is 6.44. The number of halogens is 3. The number of Topliss-reactive ketones (excluding diaryl/α,β-unsaturated/α-hetero) is 1. The van der Waals surface area contributed by atoms with Crippen molar-refractivity contribution in [1.29, 1.82) is 0 Å². The summed E-state index contributed by atoms with van der Waals surface area (Å²) >= 11 is 1.22. The molecule has 0 spiro atoms. The molecule has 2 fully saturated rings.